The van der Waals surface area contributed by atoms with Crippen LogP contribution in [0.25, 0.3) is 28.3 Å². The number of fused-ring (bicyclic) bond motifs is 1. The zero-order valence-corrected chi connectivity index (χ0v) is 16.0. The molecule has 2 aromatic carbocycles. The number of nitrogen functional groups attached to an aromatic ring is 2. The second kappa shape index (κ2) is 6.97. The van der Waals surface area contributed by atoms with Gasteiger partial charge in [0.25, 0.3) is 5.56 Å². The van der Waals surface area contributed by atoms with Gasteiger partial charge in [0.15, 0.2) is 5.82 Å². The van der Waals surface area contributed by atoms with Crippen LogP contribution in [0.1, 0.15) is 11.5 Å². The molecule has 0 unspecified atom stereocenters. The van der Waals surface area contributed by atoms with Crippen LogP contribution in [0.3, 0.4) is 0 Å². The molecule has 0 amide bonds. The van der Waals surface area contributed by atoms with Crippen LogP contribution in [0.2, 0.25) is 0 Å². The van der Waals surface area contributed by atoms with Gasteiger partial charge in [0, 0.05) is 23.1 Å². The van der Waals surface area contributed by atoms with Gasteiger partial charge in [0.05, 0.1) is 24.1 Å². The van der Waals surface area contributed by atoms with E-state index in [4.69, 9.17) is 15.9 Å². The molecule has 0 radical (unpaired) electrons. The lowest BCUT2D eigenvalue weighted by atomic mass is 10.1. The van der Waals surface area contributed by atoms with E-state index in [1.165, 1.54) is 0 Å². The van der Waals surface area contributed by atoms with Crippen LogP contribution in [-0.2, 0) is 6.42 Å². The van der Waals surface area contributed by atoms with Gasteiger partial charge in [-0.05, 0) is 42.0 Å². The summed E-state index contributed by atoms with van der Waals surface area (Å²) in [4.78, 5) is 21.2. The molecule has 30 heavy (non-hydrogen) atoms. The lowest BCUT2D eigenvalue weighted by molar-refractivity contribution is 0.519. The first-order chi connectivity index (χ1) is 14.6. The van der Waals surface area contributed by atoms with Crippen molar-refractivity contribution in [2.45, 2.75) is 6.42 Å². The van der Waals surface area contributed by atoms with E-state index < -0.39 is 0 Å². The Morgan fingerprint density at radius 2 is 1.60 bits per heavy atom. The van der Waals surface area contributed by atoms with Gasteiger partial charge < -0.3 is 20.9 Å². The minimum absolute atomic E-state index is 0.177. The zero-order valence-electron chi connectivity index (χ0n) is 16.0. The summed E-state index contributed by atoms with van der Waals surface area (Å²) >= 11 is 0. The Hall–Kier alpha value is -4.26. The van der Waals surface area contributed by atoms with E-state index in [1.54, 1.807) is 23.1 Å². The van der Waals surface area contributed by atoms with E-state index in [2.05, 4.69) is 9.97 Å². The molecule has 148 valence electrons. The maximum atomic E-state index is 13.1. The average Bonchev–Trinajstić information content (AvgIpc) is 3.37. The van der Waals surface area contributed by atoms with Crippen molar-refractivity contribution in [1.82, 2.24) is 14.5 Å². The quantitative estimate of drug-likeness (QED) is 0.400. The molecule has 5 N–H and O–H groups in total. The van der Waals surface area contributed by atoms with Gasteiger partial charge in [0.2, 0.25) is 0 Å². The second-order valence-corrected chi connectivity index (χ2v) is 7.10. The van der Waals surface area contributed by atoms with Gasteiger partial charge in [-0.25, -0.2) is 4.98 Å². The van der Waals surface area contributed by atoms with E-state index in [0.29, 0.717) is 35.1 Å². The third kappa shape index (κ3) is 3.12. The summed E-state index contributed by atoms with van der Waals surface area (Å²) in [5, 5.41) is 0. The Balaban J connectivity index is 1.73. The predicted molar refractivity (Wildman–Crippen MR) is 117 cm³/mol. The molecular formula is C23H19N5O2. The summed E-state index contributed by atoms with van der Waals surface area (Å²) in [5.41, 5.74) is 16.5. The largest absolute Gasteiger partial charge is 0.469 e. The molecule has 0 saturated heterocycles. The van der Waals surface area contributed by atoms with Crippen molar-refractivity contribution in [3.63, 3.8) is 0 Å². The number of rotatable bonds is 4. The van der Waals surface area contributed by atoms with Crippen LogP contribution >= 0.6 is 0 Å². The molecule has 3 aromatic rings. The summed E-state index contributed by atoms with van der Waals surface area (Å²) in [7, 11) is 0. The molecule has 0 aliphatic carbocycles. The van der Waals surface area contributed by atoms with Crippen molar-refractivity contribution in [1.29, 1.82) is 0 Å². The minimum Gasteiger partial charge on any atom is -0.469 e. The Labute approximate surface area is 171 Å². The molecule has 1 aromatic heterocycles. The normalized spacial score (nSPS) is 11.2. The first-order valence-corrected chi connectivity index (χ1v) is 9.47. The lowest BCUT2D eigenvalue weighted by Gasteiger charge is -2.13. The number of nitrogens with one attached hydrogen (secondary N) is 1. The van der Waals surface area contributed by atoms with Gasteiger partial charge in [-0.2, -0.15) is 0 Å². The zero-order chi connectivity index (χ0) is 20.7. The summed E-state index contributed by atoms with van der Waals surface area (Å²) in [6.45, 7) is 0. The van der Waals surface area contributed by atoms with E-state index >= 15 is 0 Å². The second-order valence-electron chi connectivity index (χ2n) is 7.10. The highest BCUT2D eigenvalue weighted by molar-refractivity contribution is 5.73. The van der Waals surface area contributed by atoms with Gasteiger partial charge in [-0.15, -0.1) is 0 Å². The summed E-state index contributed by atoms with van der Waals surface area (Å²) in [6, 6.07) is 18.5. The fraction of sp³-hybridized carbons (Fsp3) is 0.0435. The van der Waals surface area contributed by atoms with Crippen molar-refractivity contribution in [2.75, 3.05) is 11.5 Å². The molecule has 2 aliphatic rings. The molecule has 0 spiro atoms. The smallest absolute Gasteiger partial charge is 0.278 e. The molecule has 3 heterocycles. The third-order valence-corrected chi connectivity index (χ3v) is 5.02. The molecule has 0 atom stereocenters. The Kier molecular flexibility index (Phi) is 4.14. The first kappa shape index (κ1) is 17.8. The number of nitrogens with zero attached hydrogens (tertiary/aromatic N) is 2. The molecule has 0 bridgehead atoms. The summed E-state index contributed by atoms with van der Waals surface area (Å²) in [6.07, 6.45) is 3.68. The van der Waals surface area contributed by atoms with Crippen LogP contribution in [0.5, 0.6) is 0 Å². The number of aromatic amines is 1. The van der Waals surface area contributed by atoms with Crippen LogP contribution in [0.4, 0.5) is 11.4 Å². The summed E-state index contributed by atoms with van der Waals surface area (Å²) < 4.78 is 6.97. The van der Waals surface area contributed by atoms with Crippen molar-refractivity contribution < 1.29 is 4.42 Å². The van der Waals surface area contributed by atoms with E-state index in [9.17, 15) is 4.79 Å². The topological polar surface area (TPSA) is 116 Å². The Morgan fingerprint density at radius 1 is 0.933 bits per heavy atom. The number of imidazole rings is 1. The number of H-pyrrole nitrogens is 1. The molecule has 5 rings (SSSR count). The number of furan rings is 1. The highest BCUT2D eigenvalue weighted by atomic mass is 16.3. The number of aromatic nitrogens is 3. The monoisotopic (exact) mass is 397 g/mol. The molecule has 0 saturated carbocycles. The highest BCUT2D eigenvalue weighted by Crippen LogP contribution is 2.29. The Bertz CT molecular complexity index is 1330. The van der Waals surface area contributed by atoms with Crippen molar-refractivity contribution >= 4 is 11.4 Å². The van der Waals surface area contributed by atoms with Gasteiger partial charge in [0.1, 0.15) is 11.5 Å². The average molecular weight is 397 g/mol. The van der Waals surface area contributed by atoms with E-state index in [1.807, 2.05) is 54.6 Å². The van der Waals surface area contributed by atoms with Crippen molar-refractivity contribution in [2.24, 2.45) is 0 Å². The van der Waals surface area contributed by atoms with Crippen LogP contribution in [-0.4, -0.2) is 14.5 Å². The maximum Gasteiger partial charge on any atom is 0.278 e. The molecule has 7 nitrogen and oxygen atoms in total. The van der Waals surface area contributed by atoms with Crippen molar-refractivity contribution in [3.8, 4) is 28.3 Å². The fourth-order valence-corrected chi connectivity index (χ4v) is 3.47. The number of hydrogen-bond donors (Lipinski definition) is 3. The molecule has 0 fully saturated rings. The molecular weight excluding hydrogens is 378 g/mol. The fourth-order valence-electron chi connectivity index (χ4n) is 3.47. The van der Waals surface area contributed by atoms with Crippen LogP contribution in [0.15, 0.2) is 82.3 Å². The lowest BCUT2D eigenvalue weighted by Crippen LogP contribution is -2.16. The number of nitrogens with two attached hydrogens (primary N) is 2. The highest BCUT2D eigenvalue weighted by Gasteiger charge is 2.21. The SMILES string of the molecule is Nc1ccc(-c2cn3c(=O)c(Cc4ccco4)nc-3c(-c3ccc(N)cc3)[nH]2)cc1. The van der Waals surface area contributed by atoms with E-state index in [-0.39, 0.29) is 5.56 Å². The van der Waals surface area contributed by atoms with Gasteiger partial charge >= 0.3 is 0 Å². The molecule has 2 aliphatic heterocycles. The predicted octanol–water partition coefficient (Wildman–Crippen LogP) is 3.68. The first-order valence-electron chi connectivity index (χ1n) is 9.47. The standard InChI is InChI=1S/C23H19N5O2/c24-16-7-3-14(4-8-16)20-13-28-22(21(26-20)15-5-9-17(25)10-6-15)27-19(23(28)29)12-18-2-1-11-30-18/h1-11,13,26H,12,24-25H2. The number of hydrogen-bond acceptors (Lipinski definition) is 5. The van der Waals surface area contributed by atoms with Crippen LogP contribution in [0, 0.1) is 0 Å². The Morgan fingerprint density at radius 3 is 2.23 bits per heavy atom. The summed E-state index contributed by atoms with van der Waals surface area (Å²) in [5.74, 6) is 1.23. The molecule has 7 heteroatoms. The van der Waals surface area contributed by atoms with Gasteiger partial charge in [-0.3, -0.25) is 9.36 Å². The van der Waals surface area contributed by atoms with Crippen molar-refractivity contribution in [3.05, 3.63) is 94.9 Å². The number of benzene rings is 2. The van der Waals surface area contributed by atoms with Gasteiger partial charge in [-0.1, -0.05) is 24.3 Å². The van der Waals surface area contributed by atoms with Crippen LogP contribution < -0.4 is 17.0 Å². The maximum absolute atomic E-state index is 13.1. The van der Waals surface area contributed by atoms with E-state index in [0.717, 1.165) is 22.5 Å². The number of anilines is 2. The minimum atomic E-state index is -0.177. The third-order valence-electron chi connectivity index (χ3n) is 5.02.